The fourth-order valence-electron chi connectivity index (χ4n) is 1.38. The zero-order valence-electron chi connectivity index (χ0n) is 11.3. The number of hydrogen-bond acceptors (Lipinski definition) is 2. The molecule has 0 aliphatic carbocycles. The van der Waals surface area contributed by atoms with Crippen LogP contribution in [0.4, 0.5) is 0 Å². The highest BCUT2D eigenvalue weighted by atomic mass is 79.9. The lowest BCUT2D eigenvalue weighted by molar-refractivity contribution is 0.0685. The van der Waals surface area contributed by atoms with Gasteiger partial charge < -0.3 is 10.2 Å². The highest BCUT2D eigenvalue weighted by Gasteiger charge is 2.13. The van der Waals surface area contributed by atoms with Crippen LogP contribution in [0.3, 0.4) is 0 Å². The Morgan fingerprint density at radius 3 is 1.75 bits per heavy atom. The fraction of sp³-hybridized carbons (Fsp3) is 0. The molecule has 0 saturated carbocycles. The largest absolute Gasteiger partial charge is 0.478 e. The molecule has 4 nitrogen and oxygen atoms in total. The van der Waals surface area contributed by atoms with Crippen LogP contribution in [0.15, 0.2) is 37.7 Å². The average molecular weight is 584 g/mol. The second kappa shape index (κ2) is 9.40. The van der Waals surface area contributed by atoms with Gasteiger partial charge in [0.1, 0.15) is 0 Å². The fourth-order valence-corrected chi connectivity index (χ4v) is 3.46. The van der Waals surface area contributed by atoms with Crippen molar-refractivity contribution in [2.75, 3.05) is 0 Å². The Balaban J connectivity index is 0.000000240. The van der Waals surface area contributed by atoms with Gasteiger partial charge in [0, 0.05) is 13.4 Å². The molecular formula is C14H6Br3Cl3O4. The molecule has 0 atom stereocenters. The number of carboxylic acid groups (broad SMARTS) is 2. The molecule has 128 valence electrons. The molecule has 0 aliphatic heterocycles. The normalized spacial score (nSPS) is 9.92. The Labute approximate surface area is 177 Å². The molecule has 10 heteroatoms. The Bertz CT molecular complexity index is 745. The van der Waals surface area contributed by atoms with Crippen LogP contribution in [-0.2, 0) is 0 Å². The maximum atomic E-state index is 10.6. The van der Waals surface area contributed by atoms with Gasteiger partial charge in [-0.25, -0.2) is 9.59 Å². The highest BCUT2D eigenvalue weighted by molar-refractivity contribution is 9.14. The minimum atomic E-state index is -1.13. The number of carboxylic acids is 2. The molecule has 0 fully saturated rings. The van der Waals surface area contributed by atoms with Gasteiger partial charge in [0.15, 0.2) is 0 Å². The summed E-state index contributed by atoms with van der Waals surface area (Å²) in [5, 5.41) is 17.6. The van der Waals surface area contributed by atoms with E-state index in [1.165, 1.54) is 18.2 Å². The first-order valence-corrected chi connectivity index (χ1v) is 9.32. The van der Waals surface area contributed by atoms with Crippen molar-refractivity contribution in [2.24, 2.45) is 0 Å². The van der Waals surface area contributed by atoms with E-state index in [4.69, 9.17) is 45.0 Å². The number of rotatable bonds is 2. The lowest BCUT2D eigenvalue weighted by Crippen LogP contribution is -1.97. The summed E-state index contributed by atoms with van der Waals surface area (Å²) in [4.78, 5) is 21.1. The molecule has 0 heterocycles. The lowest BCUT2D eigenvalue weighted by Gasteiger charge is -2.02. The van der Waals surface area contributed by atoms with Gasteiger partial charge in [0.2, 0.25) is 0 Å². The molecule has 0 amide bonds. The van der Waals surface area contributed by atoms with E-state index in [2.05, 4.69) is 47.8 Å². The Kier molecular flexibility index (Phi) is 8.52. The quantitative estimate of drug-likeness (QED) is 0.373. The minimum absolute atomic E-state index is 0.0309. The van der Waals surface area contributed by atoms with Gasteiger partial charge in [0.05, 0.1) is 26.2 Å². The monoisotopic (exact) mass is 580 g/mol. The maximum Gasteiger partial charge on any atom is 0.337 e. The number of benzene rings is 2. The van der Waals surface area contributed by atoms with Gasteiger partial charge in [-0.05, 0) is 72.1 Å². The van der Waals surface area contributed by atoms with Crippen molar-refractivity contribution in [3.63, 3.8) is 0 Å². The molecule has 0 aliphatic rings. The van der Waals surface area contributed by atoms with Crippen LogP contribution < -0.4 is 0 Å². The Morgan fingerprint density at radius 1 is 0.750 bits per heavy atom. The summed E-state index contributed by atoms with van der Waals surface area (Å²) in [6.07, 6.45) is 0. The molecule has 2 aromatic carbocycles. The second-order valence-corrected chi connectivity index (χ2v) is 7.66. The first-order chi connectivity index (χ1) is 11.1. The van der Waals surface area contributed by atoms with E-state index < -0.39 is 11.9 Å². The first kappa shape index (κ1) is 21.7. The minimum Gasteiger partial charge on any atom is -0.478 e. The van der Waals surface area contributed by atoms with Crippen LogP contribution in [0.1, 0.15) is 20.7 Å². The third-order valence-electron chi connectivity index (χ3n) is 2.53. The third-order valence-corrected chi connectivity index (χ3v) is 7.20. The Hall–Kier alpha value is -0.310. The molecule has 0 bridgehead atoms. The molecule has 0 saturated heterocycles. The molecule has 0 radical (unpaired) electrons. The summed E-state index contributed by atoms with van der Waals surface area (Å²) in [5.74, 6) is -2.08. The van der Waals surface area contributed by atoms with Crippen molar-refractivity contribution in [1.82, 2.24) is 0 Å². The zero-order valence-corrected chi connectivity index (χ0v) is 18.3. The highest BCUT2D eigenvalue weighted by Crippen LogP contribution is 2.33. The summed E-state index contributed by atoms with van der Waals surface area (Å²) in [6, 6.07) is 5.90. The van der Waals surface area contributed by atoms with Gasteiger partial charge in [-0.1, -0.05) is 34.8 Å². The lowest BCUT2D eigenvalue weighted by atomic mass is 10.2. The molecular weight excluding hydrogens is 578 g/mol. The molecule has 0 spiro atoms. The molecule has 2 N–H and O–H groups in total. The van der Waals surface area contributed by atoms with Gasteiger partial charge in [-0.2, -0.15) is 0 Å². The third kappa shape index (κ3) is 5.34. The summed E-state index contributed by atoms with van der Waals surface area (Å²) in [5.41, 5.74) is 0.191. The average Bonchev–Trinajstić information content (AvgIpc) is 2.50. The number of carbonyl (C=O) groups is 2. The van der Waals surface area contributed by atoms with Crippen molar-refractivity contribution in [1.29, 1.82) is 0 Å². The van der Waals surface area contributed by atoms with Crippen LogP contribution in [-0.4, -0.2) is 22.2 Å². The van der Waals surface area contributed by atoms with Crippen molar-refractivity contribution in [3.05, 3.63) is 63.9 Å². The number of halogens is 6. The summed E-state index contributed by atoms with van der Waals surface area (Å²) >= 11 is 26.5. The van der Waals surface area contributed by atoms with E-state index in [1.54, 1.807) is 6.07 Å². The van der Waals surface area contributed by atoms with Gasteiger partial charge in [-0.15, -0.1) is 0 Å². The van der Waals surface area contributed by atoms with E-state index in [-0.39, 0.29) is 26.2 Å². The zero-order chi connectivity index (χ0) is 18.6. The maximum absolute atomic E-state index is 10.6. The predicted molar refractivity (Wildman–Crippen MR) is 105 cm³/mol. The van der Waals surface area contributed by atoms with Crippen LogP contribution in [0.5, 0.6) is 0 Å². The van der Waals surface area contributed by atoms with Crippen molar-refractivity contribution in [2.45, 2.75) is 0 Å². The van der Waals surface area contributed by atoms with Gasteiger partial charge >= 0.3 is 11.9 Å². The van der Waals surface area contributed by atoms with Crippen LogP contribution >= 0.6 is 82.6 Å². The first-order valence-electron chi connectivity index (χ1n) is 5.81. The second-order valence-electron chi connectivity index (χ2n) is 4.06. The smallest absolute Gasteiger partial charge is 0.337 e. The van der Waals surface area contributed by atoms with Crippen LogP contribution in [0.2, 0.25) is 15.1 Å². The van der Waals surface area contributed by atoms with E-state index in [0.717, 1.165) is 4.47 Å². The molecule has 2 rings (SSSR count). The summed E-state index contributed by atoms with van der Waals surface area (Å²) < 4.78 is 2.08. The number of aromatic carboxylic acids is 2. The van der Waals surface area contributed by atoms with E-state index >= 15 is 0 Å². The van der Waals surface area contributed by atoms with Crippen molar-refractivity contribution in [3.8, 4) is 0 Å². The Morgan fingerprint density at radius 2 is 1.25 bits per heavy atom. The van der Waals surface area contributed by atoms with E-state index in [1.807, 2.05) is 0 Å². The molecule has 0 unspecified atom stereocenters. The van der Waals surface area contributed by atoms with E-state index in [0.29, 0.717) is 8.95 Å². The van der Waals surface area contributed by atoms with Crippen LogP contribution in [0.25, 0.3) is 0 Å². The predicted octanol–water partition coefficient (Wildman–Crippen LogP) is 7.02. The van der Waals surface area contributed by atoms with Gasteiger partial charge in [0.25, 0.3) is 0 Å². The van der Waals surface area contributed by atoms with E-state index in [9.17, 15) is 9.59 Å². The molecule has 2 aromatic rings. The molecule has 24 heavy (non-hydrogen) atoms. The summed E-state index contributed by atoms with van der Waals surface area (Å²) in [7, 11) is 0. The summed E-state index contributed by atoms with van der Waals surface area (Å²) in [6.45, 7) is 0. The van der Waals surface area contributed by atoms with Crippen molar-refractivity contribution >= 4 is 94.5 Å². The van der Waals surface area contributed by atoms with Crippen molar-refractivity contribution < 1.29 is 19.8 Å². The standard InChI is InChI=1S/C7H3Br3O2.C7H3Cl3O2/c2*8-4-2-1-3(7(11)12)5(9)6(4)10/h2*1-2H,(H,11,12). The number of hydrogen-bond donors (Lipinski definition) is 2. The topological polar surface area (TPSA) is 74.6 Å². The van der Waals surface area contributed by atoms with Crippen LogP contribution in [0, 0.1) is 0 Å². The SMILES string of the molecule is O=C(O)c1ccc(Br)c(Br)c1Br.O=C(O)c1ccc(Cl)c(Cl)c1Cl. The molecule has 0 aromatic heterocycles. The van der Waals surface area contributed by atoms with Gasteiger partial charge in [-0.3, -0.25) is 0 Å².